The maximum Gasteiger partial charge on any atom is 0.262 e. The van der Waals surface area contributed by atoms with Gasteiger partial charge in [0.05, 0.1) is 17.3 Å². The summed E-state index contributed by atoms with van der Waals surface area (Å²) in [5.74, 6) is 0.991. The third-order valence-electron chi connectivity index (χ3n) is 7.64. The van der Waals surface area contributed by atoms with Crippen molar-refractivity contribution < 1.29 is 14.3 Å². The molecule has 2 aromatic carbocycles. The summed E-state index contributed by atoms with van der Waals surface area (Å²) >= 11 is 0. The number of amides is 2. The van der Waals surface area contributed by atoms with Gasteiger partial charge in [-0.25, -0.2) is 0 Å². The lowest BCUT2D eigenvalue weighted by atomic mass is 9.84. The first kappa shape index (κ1) is 23.4. The normalized spacial score (nSPS) is 22.0. The van der Waals surface area contributed by atoms with Crippen LogP contribution in [0, 0.1) is 17.2 Å². The van der Waals surface area contributed by atoms with Gasteiger partial charge in [0.1, 0.15) is 5.75 Å². The molecule has 2 aromatic rings. The van der Waals surface area contributed by atoms with Crippen molar-refractivity contribution in [3.8, 4) is 11.8 Å². The lowest BCUT2D eigenvalue weighted by Gasteiger charge is -2.31. The predicted octanol–water partition coefficient (Wildman–Crippen LogP) is 3.67. The highest BCUT2D eigenvalue weighted by molar-refractivity contribution is 5.99. The Kier molecular flexibility index (Phi) is 7.01. The van der Waals surface area contributed by atoms with Gasteiger partial charge in [-0.1, -0.05) is 6.07 Å². The van der Waals surface area contributed by atoms with E-state index in [0.29, 0.717) is 22.9 Å². The Hall–Kier alpha value is -3.37. The zero-order valence-electron chi connectivity index (χ0n) is 20.0. The van der Waals surface area contributed by atoms with Crippen molar-refractivity contribution in [2.45, 2.75) is 51.0 Å². The number of nitrogens with one attached hydrogen (secondary N) is 2. The van der Waals surface area contributed by atoms with Crippen LogP contribution >= 0.6 is 0 Å². The van der Waals surface area contributed by atoms with Crippen molar-refractivity contribution >= 4 is 17.5 Å². The summed E-state index contributed by atoms with van der Waals surface area (Å²) in [6, 6.07) is 13.7. The number of carbonyl (C=O) groups is 2. The lowest BCUT2D eigenvalue weighted by molar-refractivity contribution is -0.118. The van der Waals surface area contributed by atoms with Gasteiger partial charge in [0.15, 0.2) is 6.61 Å². The maximum atomic E-state index is 12.8. The van der Waals surface area contributed by atoms with Crippen LogP contribution in [0.2, 0.25) is 0 Å². The van der Waals surface area contributed by atoms with E-state index in [9.17, 15) is 9.59 Å². The number of carbonyl (C=O) groups excluding carboxylic acids is 2. The Morgan fingerprint density at radius 2 is 1.89 bits per heavy atom. The first-order chi connectivity index (χ1) is 17.1. The van der Waals surface area contributed by atoms with Crippen LogP contribution in [0.15, 0.2) is 36.4 Å². The molecule has 0 saturated heterocycles. The molecule has 5 rings (SSSR count). The van der Waals surface area contributed by atoms with Crippen molar-refractivity contribution in [2.24, 2.45) is 5.92 Å². The molecule has 35 heavy (non-hydrogen) atoms. The number of nitrogens with zero attached hydrogens (tertiary/aromatic N) is 2. The SMILES string of the molecule is N#Cc1ccc2c(c1)CCN(CCC1CCC(NC(=O)c3ccc4c(c3)OCC(=O)N4)CC1)CC2. The van der Waals surface area contributed by atoms with Crippen LogP contribution in [0.4, 0.5) is 5.69 Å². The van der Waals surface area contributed by atoms with Gasteiger partial charge in [-0.15, -0.1) is 0 Å². The molecular weight excluding hydrogens is 440 g/mol. The second-order valence-electron chi connectivity index (χ2n) is 9.96. The molecule has 0 bridgehead atoms. The largest absolute Gasteiger partial charge is 0.482 e. The molecular formula is C28H32N4O3. The summed E-state index contributed by atoms with van der Waals surface area (Å²) in [5.41, 5.74) is 4.65. The Morgan fingerprint density at radius 1 is 1.09 bits per heavy atom. The molecule has 2 N–H and O–H groups in total. The van der Waals surface area contributed by atoms with Gasteiger partial charge in [0.25, 0.3) is 11.8 Å². The number of rotatable bonds is 5. The number of benzene rings is 2. The Morgan fingerprint density at radius 3 is 2.69 bits per heavy atom. The molecule has 182 valence electrons. The van der Waals surface area contributed by atoms with E-state index in [-0.39, 0.29) is 24.5 Å². The minimum Gasteiger partial charge on any atom is -0.482 e. The number of ether oxygens (including phenoxy) is 1. The molecule has 2 heterocycles. The molecule has 7 nitrogen and oxygen atoms in total. The van der Waals surface area contributed by atoms with Crippen LogP contribution in [0.1, 0.15) is 59.2 Å². The second-order valence-corrected chi connectivity index (χ2v) is 9.96. The van der Waals surface area contributed by atoms with E-state index in [1.807, 2.05) is 6.07 Å². The van der Waals surface area contributed by atoms with Crippen LogP contribution in [0.5, 0.6) is 5.75 Å². The van der Waals surface area contributed by atoms with Crippen molar-refractivity contribution in [3.05, 3.63) is 58.7 Å². The van der Waals surface area contributed by atoms with E-state index in [1.165, 1.54) is 17.5 Å². The molecule has 7 heteroatoms. The predicted molar refractivity (Wildman–Crippen MR) is 133 cm³/mol. The Balaban J connectivity index is 1.05. The second kappa shape index (κ2) is 10.5. The van der Waals surface area contributed by atoms with Crippen LogP contribution in [0.3, 0.4) is 0 Å². The number of nitriles is 1. The fraction of sp³-hybridized carbons (Fsp3) is 0.464. The molecule has 0 radical (unpaired) electrons. The average Bonchev–Trinajstić information content (AvgIpc) is 3.09. The third-order valence-corrected chi connectivity index (χ3v) is 7.64. The van der Waals surface area contributed by atoms with Crippen molar-refractivity contribution in [1.82, 2.24) is 10.2 Å². The highest BCUT2D eigenvalue weighted by Crippen LogP contribution is 2.30. The van der Waals surface area contributed by atoms with Gasteiger partial charge < -0.3 is 20.3 Å². The minimum absolute atomic E-state index is 0.0193. The topological polar surface area (TPSA) is 94.5 Å². The molecule has 3 aliphatic rings. The fourth-order valence-corrected chi connectivity index (χ4v) is 5.51. The van der Waals surface area contributed by atoms with E-state index in [0.717, 1.165) is 63.7 Å². The maximum absolute atomic E-state index is 12.8. The van der Waals surface area contributed by atoms with Gasteiger partial charge >= 0.3 is 0 Å². The molecule has 1 aliphatic carbocycles. The zero-order chi connectivity index (χ0) is 24.2. The smallest absolute Gasteiger partial charge is 0.262 e. The van der Waals surface area contributed by atoms with Crippen molar-refractivity contribution in [3.63, 3.8) is 0 Å². The zero-order valence-corrected chi connectivity index (χ0v) is 20.0. The molecule has 1 saturated carbocycles. The van der Waals surface area contributed by atoms with Crippen molar-refractivity contribution in [2.75, 3.05) is 31.6 Å². The highest BCUT2D eigenvalue weighted by atomic mass is 16.5. The summed E-state index contributed by atoms with van der Waals surface area (Å²) < 4.78 is 5.44. The minimum atomic E-state index is -0.179. The first-order valence-electron chi connectivity index (χ1n) is 12.7. The molecule has 2 amide bonds. The van der Waals surface area contributed by atoms with Gasteiger partial charge in [-0.05, 0) is 98.9 Å². The molecule has 0 aromatic heterocycles. The molecule has 0 spiro atoms. The summed E-state index contributed by atoms with van der Waals surface area (Å²) in [4.78, 5) is 26.8. The van der Waals surface area contributed by atoms with E-state index >= 15 is 0 Å². The standard InChI is InChI=1S/C28H32N4O3/c29-17-20-1-4-21-10-13-32(14-11-22(21)15-20)12-9-19-2-6-24(7-3-19)30-28(34)23-5-8-25-26(16-23)35-18-27(33)31-25/h1,4-5,8,15-16,19,24H,2-3,6-7,9-14,18H2,(H,30,34)(H,31,33). The van der Waals surface area contributed by atoms with E-state index in [4.69, 9.17) is 10.00 Å². The molecule has 0 unspecified atom stereocenters. The Labute approximate surface area is 206 Å². The monoisotopic (exact) mass is 472 g/mol. The van der Waals surface area contributed by atoms with Gasteiger partial charge in [0, 0.05) is 24.7 Å². The first-order valence-corrected chi connectivity index (χ1v) is 12.7. The van der Waals surface area contributed by atoms with Gasteiger partial charge in [-0.2, -0.15) is 5.26 Å². The third kappa shape index (κ3) is 5.66. The van der Waals surface area contributed by atoms with Gasteiger partial charge in [0.2, 0.25) is 0 Å². The fourth-order valence-electron chi connectivity index (χ4n) is 5.51. The summed E-state index contributed by atoms with van der Waals surface area (Å²) in [7, 11) is 0. The van der Waals surface area contributed by atoms with Crippen molar-refractivity contribution in [1.29, 1.82) is 5.26 Å². The quantitative estimate of drug-likeness (QED) is 0.693. The average molecular weight is 473 g/mol. The molecule has 0 atom stereocenters. The molecule has 1 fully saturated rings. The van der Waals surface area contributed by atoms with Gasteiger partial charge in [-0.3, -0.25) is 9.59 Å². The number of fused-ring (bicyclic) bond motifs is 2. The van der Waals surface area contributed by atoms with Crippen LogP contribution in [-0.2, 0) is 17.6 Å². The summed E-state index contributed by atoms with van der Waals surface area (Å²) in [6.07, 6.45) is 7.58. The molecule has 2 aliphatic heterocycles. The Bertz CT molecular complexity index is 1150. The van der Waals surface area contributed by atoms with Crippen LogP contribution in [0.25, 0.3) is 0 Å². The lowest BCUT2D eigenvalue weighted by Crippen LogP contribution is -2.38. The highest BCUT2D eigenvalue weighted by Gasteiger charge is 2.25. The van der Waals surface area contributed by atoms with Crippen LogP contribution in [-0.4, -0.2) is 49.0 Å². The summed E-state index contributed by atoms with van der Waals surface area (Å²) in [5, 5.41) is 15.1. The number of anilines is 1. The summed E-state index contributed by atoms with van der Waals surface area (Å²) in [6.45, 7) is 3.24. The van der Waals surface area contributed by atoms with E-state index in [2.05, 4.69) is 33.7 Å². The number of hydrogen-bond donors (Lipinski definition) is 2. The van der Waals surface area contributed by atoms with E-state index in [1.54, 1.807) is 18.2 Å². The van der Waals surface area contributed by atoms with Crippen LogP contribution < -0.4 is 15.4 Å². The van der Waals surface area contributed by atoms with E-state index < -0.39 is 0 Å². The number of hydrogen-bond acceptors (Lipinski definition) is 5.